The van der Waals surface area contributed by atoms with Crippen molar-refractivity contribution in [1.82, 2.24) is 5.32 Å². The maximum absolute atomic E-state index is 9.00. The molecular formula is C19H25NO4. The molecule has 0 bridgehead atoms. The molecular weight excluding hydrogens is 306 g/mol. The van der Waals surface area contributed by atoms with Gasteiger partial charge in [0.1, 0.15) is 0 Å². The number of carboxylic acids is 2. The Balaban J connectivity index is 0.000000558. The average molecular weight is 331 g/mol. The standard InChI is InChI=1S/C15H17N.2C2H4O2/c1-3-7-14(8-4-1)11-12-16-13-15-9-5-2-6-10-15;2*1-2(3)4/h1-10,16H,11-13H2;2*1H3,(H,3,4). The largest absolute Gasteiger partial charge is 0.481 e. The highest BCUT2D eigenvalue weighted by Crippen LogP contribution is 2.00. The van der Waals surface area contributed by atoms with Crippen LogP contribution in [-0.2, 0) is 22.6 Å². The minimum absolute atomic E-state index is 0.833. The topological polar surface area (TPSA) is 86.6 Å². The second kappa shape index (κ2) is 14.0. The summed E-state index contributed by atoms with van der Waals surface area (Å²) in [7, 11) is 0. The molecule has 2 rings (SSSR count). The van der Waals surface area contributed by atoms with Crippen LogP contribution in [0.2, 0.25) is 0 Å². The fourth-order valence-corrected chi connectivity index (χ4v) is 1.71. The highest BCUT2D eigenvalue weighted by Gasteiger charge is 1.92. The molecule has 5 nitrogen and oxygen atoms in total. The second-order valence-corrected chi connectivity index (χ2v) is 4.94. The first-order chi connectivity index (χ1) is 11.4. The first kappa shape index (κ1) is 21.3. The van der Waals surface area contributed by atoms with Gasteiger partial charge in [-0.2, -0.15) is 0 Å². The van der Waals surface area contributed by atoms with Crippen LogP contribution >= 0.6 is 0 Å². The molecule has 0 aliphatic heterocycles. The summed E-state index contributed by atoms with van der Waals surface area (Å²) in [5, 5.41) is 18.3. The van der Waals surface area contributed by atoms with Gasteiger partial charge < -0.3 is 15.5 Å². The summed E-state index contributed by atoms with van der Waals surface area (Å²) in [5.41, 5.74) is 2.73. The Hall–Kier alpha value is -2.66. The van der Waals surface area contributed by atoms with E-state index in [9.17, 15) is 0 Å². The van der Waals surface area contributed by atoms with Gasteiger partial charge in [-0.05, 0) is 24.1 Å². The Labute approximate surface area is 143 Å². The third kappa shape index (κ3) is 15.7. The Morgan fingerprint density at radius 1 is 0.792 bits per heavy atom. The lowest BCUT2D eigenvalue weighted by molar-refractivity contribution is -0.135. The average Bonchev–Trinajstić information content (AvgIpc) is 2.53. The fraction of sp³-hybridized carbons (Fsp3) is 0.263. The quantitative estimate of drug-likeness (QED) is 0.733. The molecule has 0 aliphatic carbocycles. The molecule has 0 radical (unpaired) electrons. The number of carbonyl (C=O) groups is 2. The van der Waals surface area contributed by atoms with Gasteiger partial charge in [0, 0.05) is 20.4 Å². The van der Waals surface area contributed by atoms with Crippen molar-refractivity contribution in [2.45, 2.75) is 26.8 Å². The van der Waals surface area contributed by atoms with Gasteiger partial charge in [-0.15, -0.1) is 0 Å². The lowest BCUT2D eigenvalue weighted by Crippen LogP contribution is -2.16. The van der Waals surface area contributed by atoms with E-state index >= 15 is 0 Å². The van der Waals surface area contributed by atoms with Gasteiger partial charge in [0.25, 0.3) is 11.9 Å². The van der Waals surface area contributed by atoms with Crippen molar-refractivity contribution >= 4 is 11.9 Å². The summed E-state index contributed by atoms with van der Waals surface area (Å²) in [6, 6.07) is 21.1. The third-order valence-electron chi connectivity index (χ3n) is 2.61. The van der Waals surface area contributed by atoms with Gasteiger partial charge in [-0.3, -0.25) is 9.59 Å². The Morgan fingerprint density at radius 2 is 1.17 bits per heavy atom. The van der Waals surface area contributed by atoms with E-state index in [-0.39, 0.29) is 0 Å². The number of nitrogens with one attached hydrogen (secondary N) is 1. The van der Waals surface area contributed by atoms with Crippen molar-refractivity contribution in [2.24, 2.45) is 0 Å². The molecule has 0 amide bonds. The molecule has 2 aromatic rings. The molecule has 0 heterocycles. The van der Waals surface area contributed by atoms with E-state index < -0.39 is 11.9 Å². The predicted molar refractivity (Wildman–Crippen MR) is 94.9 cm³/mol. The van der Waals surface area contributed by atoms with Gasteiger partial charge in [0.2, 0.25) is 0 Å². The number of carboxylic acid groups (broad SMARTS) is 2. The maximum atomic E-state index is 9.00. The van der Waals surface area contributed by atoms with E-state index in [1.54, 1.807) is 0 Å². The number of hydrogen-bond donors (Lipinski definition) is 3. The van der Waals surface area contributed by atoms with Crippen LogP contribution in [-0.4, -0.2) is 28.7 Å². The first-order valence-electron chi connectivity index (χ1n) is 7.59. The van der Waals surface area contributed by atoms with Crippen LogP contribution < -0.4 is 5.32 Å². The number of hydrogen-bond acceptors (Lipinski definition) is 3. The first-order valence-corrected chi connectivity index (χ1v) is 7.59. The van der Waals surface area contributed by atoms with Crippen LogP contribution in [0.1, 0.15) is 25.0 Å². The zero-order valence-electron chi connectivity index (χ0n) is 14.1. The zero-order chi connectivity index (χ0) is 18.2. The van der Waals surface area contributed by atoms with Crippen LogP contribution in [0.5, 0.6) is 0 Å². The molecule has 130 valence electrons. The predicted octanol–water partition coefficient (Wildman–Crippen LogP) is 3.20. The molecule has 0 unspecified atom stereocenters. The normalized spacial score (nSPS) is 8.92. The summed E-state index contributed by atoms with van der Waals surface area (Å²) in [6.45, 7) is 4.15. The van der Waals surface area contributed by atoms with Crippen molar-refractivity contribution in [2.75, 3.05) is 6.54 Å². The van der Waals surface area contributed by atoms with Crippen molar-refractivity contribution in [3.05, 3.63) is 71.8 Å². The van der Waals surface area contributed by atoms with Crippen molar-refractivity contribution < 1.29 is 19.8 Å². The molecule has 5 heteroatoms. The smallest absolute Gasteiger partial charge is 0.300 e. The summed E-state index contributed by atoms with van der Waals surface area (Å²) >= 11 is 0. The van der Waals surface area contributed by atoms with E-state index in [4.69, 9.17) is 19.8 Å². The minimum atomic E-state index is -0.833. The van der Waals surface area contributed by atoms with Gasteiger partial charge in [0.05, 0.1) is 0 Å². The van der Waals surface area contributed by atoms with Gasteiger partial charge in [-0.1, -0.05) is 60.7 Å². The lowest BCUT2D eigenvalue weighted by Gasteiger charge is -2.04. The molecule has 0 saturated heterocycles. The SMILES string of the molecule is CC(=O)O.CC(=O)O.c1ccc(CCNCc2ccccc2)cc1. The minimum Gasteiger partial charge on any atom is -0.481 e. The molecule has 2 aromatic carbocycles. The van der Waals surface area contributed by atoms with Crippen LogP contribution in [0, 0.1) is 0 Å². The van der Waals surface area contributed by atoms with Crippen LogP contribution in [0.4, 0.5) is 0 Å². The zero-order valence-corrected chi connectivity index (χ0v) is 14.1. The molecule has 3 N–H and O–H groups in total. The van der Waals surface area contributed by atoms with E-state index in [0.29, 0.717) is 0 Å². The highest BCUT2D eigenvalue weighted by molar-refractivity contribution is 5.63. The molecule has 0 atom stereocenters. The Bertz CT molecular complexity index is 509. The van der Waals surface area contributed by atoms with Crippen molar-refractivity contribution in [1.29, 1.82) is 0 Å². The maximum Gasteiger partial charge on any atom is 0.300 e. The van der Waals surface area contributed by atoms with Gasteiger partial charge in [-0.25, -0.2) is 0 Å². The molecule has 24 heavy (non-hydrogen) atoms. The third-order valence-corrected chi connectivity index (χ3v) is 2.61. The lowest BCUT2D eigenvalue weighted by atomic mass is 10.1. The fourth-order valence-electron chi connectivity index (χ4n) is 1.71. The van der Waals surface area contributed by atoms with Crippen LogP contribution in [0.25, 0.3) is 0 Å². The highest BCUT2D eigenvalue weighted by atomic mass is 16.4. The summed E-state index contributed by atoms with van der Waals surface area (Å²) < 4.78 is 0. The summed E-state index contributed by atoms with van der Waals surface area (Å²) in [6.07, 6.45) is 1.09. The Morgan fingerprint density at radius 3 is 1.58 bits per heavy atom. The van der Waals surface area contributed by atoms with E-state index in [1.807, 2.05) is 6.07 Å². The Kier molecular flexibility index (Phi) is 12.4. The van der Waals surface area contributed by atoms with E-state index in [1.165, 1.54) is 11.1 Å². The summed E-state index contributed by atoms with van der Waals surface area (Å²) in [5.74, 6) is -1.67. The molecule has 0 fully saturated rings. The summed E-state index contributed by atoms with van der Waals surface area (Å²) in [4.78, 5) is 18.0. The van der Waals surface area contributed by atoms with Crippen molar-refractivity contribution in [3.8, 4) is 0 Å². The molecule has 0 saturated carbocycles. The molecule has 0 spiro atoms. The number of aliphatic carboxylic acids is 2. The second-order valence-electron chi connectivity index (χ2n) is 4.94. The van der Waals surface area contributed by atoms with Gasteiger partial charge in [0.15, 0.2) is 0 Å². The molecule has 0 aromatic heterocycles. The number of rotatable bonds is 5. The monoisotopic (exact) mass is 331 g/mol. The molecule has 0 aliphatic rings. The van der Waals surface area contributed by atoms with E-state index in [0.717, 1.165) is 33.4 Å². The van der Waals surface area contributed by atoms with Crippen molar-refractivity contribution in [3.63, 3.8) is 0 Å². The van der Waals surface area contributed by atoms with Crippen LogP contribution in [0.15, 0.2) is 60.7 Å². The van der Waals surface area contributed by atoms with Crippen LogP contribution in [0.3, 0.4) is 0 Å². The number of benzene rings is 2. The van der Waals surface area contributed by atoms with Gasteiger partial charge >= 0.3 is 0 Å². The van der Waals surface area contributed by atoms with E-state index in [2.05, 4.69) is 59.9 Å².